The second kappa shape index (κ2) is 6.70. The molecular formula is C9H15BrN2O2S2. The second-order valence-electron chi connectivity index (χ2n) is 3.33. The molecule has 1 heterocycles. The summed E-state index contributed by atoms with van der Waals surface area (Å²) in [4.78, 5) is 0.988. The molecule has 0 bridgehead atoms. The lowest BCUT2D eigenvalue weighted by Gasteiger charge is -2.05. The van der Waals surface area contributed by atoms with Crippen LogP contribution in [0.5, 0.6) is 0 Å². The van der Waals surface area contributed by atoms with Crippen LogP contribution in [-0.4, -0.2) is 20.7 Å². The van der Waals surface area contributed by atoms with Crippen molar-refractivity contribution in [1.82, 2.24) is 4.72 Å². The van der Waals surface area contributed by atoms with E-state index in [-0.39, 0.29) is 5.75 Å². The first kappa shape index (κ1) is 14.1. The van der Waals surface area contributed by atoms with E-state index in [0.717, 1.165) is 15.8 Å². The molecule has 0 aromatic carbocycles. The fourth-order valence-electron chi connectivity index (χ4n) is 1.14. The van der Waals surface area contributed by atoms with Crippen molar-refractivity contribution in [3.63, 3.8) is 0 Å². The van der Waals surface area contributed by atoms with Crippen LogP contribution in [0, 0.1) is 0 Å². The number of nitrogens with one attached hydrogen (secondary N) is 1. The van der Waals surface area contributed by atoms with Gasteiger partial charge in [0, 0.05) is 15.9 Å². The molecule has 0 radical (unpaired) electrons. The third kappa shape index (κ3) is 4.92. The number of halogens is 1. The van der Waals surface area contributed by atoms with Gasteiger partial charge in [0.15, 0.2) is 0 Å². The Balaban J connectivity index is 2.39. The Kier molecular flexibility index (Phi) is 5.91. The summed E-state index contributed by atoms with van der Waals surface area (Å²) in [7, 11) is -3.17. The van der Waals surface area contributed by atoms with Gasteiger partial charge in [-0.1, -0.05) is 0 Å². The zero-order chi connectivity index (χ0) is 12.0. The monoisotopic (exact) mass is 326 g/mol. The maximum absolute atomic E-state index is 11.5. The number of rotatable bonds is 7. The molecule has 92 valence electrons. The lowest BCUT2D eigenvalue weighted by Crippen LogP contribution is -2.26. The first-order valence-corrected chi connectivity index (χ1v) is 8.27. The fourth-order valence-corrected chi connectivity index (χ4v) is 3.75. The molecule has 0 aliphatic rings. The van der Waals surface area contributed by atoms with E-state index in [1.807, 2.05) is 11.4 Å². The summed E-state index contributed by atoms with van der Waals surface area (Å²) < 4.78 is 26.6. The molecule has 0 fully saturated rings. The Morgan fingerprint density at radius 1 is 1.44 bits per heavy atom. The minimum absolute atomic E-state index is 0.146. The number of sulfonamides is 1. The molecule has 7 heteroatoms. The minimum atomic E-state index is -3.17. The molecule has 1 rings (SSSR count). The molecule has 16 heavy (non-hydrogen) atoms. The van der Waals surface area contributed by atoms with Gasteiger partial charge in [-0.25, -0.2) is 13.1 Å². The normalized spacial score (nSPS) is 11.9. The van der Waals surface area contributed by atoms with E-state index in [4.69, 9.17) is 5.73 Å². The third-order valence-electron chi connectivity index (χ3n) is 2.01. The molecule has 3 N–H and O–H groups in total. The molecule has 0 aliphatic heterocycles. The molecule has 0 amide bonds. The van der Waals surface area contributed by atoms with Gasteiger partial charge in [0.2, 0.25) is 10.0 Å². The van der Waals surface area contributed by atoms with Crippen molar-refractivity contribution in [3.8, 4) is 0 Å². The summed E-state index contributed by atoms with van der Waals surface area (Å²) in [5.74, 6) is 0.146. The molecule has 0 saturated carbocycles. The Morgan fingerprint density at radius 3 is 2.75 bits per heavy atom. The SMILES string of the molecule is NCCCCS(=O)(=O)NCc1sccc1Br. The van der Waals surface area contributed by atoms with Gasteiger partial charge in [0.25, 0.3) is 0 Å². The minimum Gasteiger partial charge on any atom is -0.330 e. The van der Waals surface area contributed by atoms with Crippen LogP contribution >= 0.6 is 27.3 Å². The summed E-state index contributed by atoms with van der Waals surface area (Å²) in [5.41, 5.74) is 5.31. The molecular weight excluding hydrogens is 312 g/mol. The van der Waals surface area contributed by atoms with E-state index in [1.165, 1.54) is 11.3 Å². The van der Waals surface area contributed by atoms with Gasteiger partial charge >= 0.3 is 0 Å². The number of hydrogen-bond acceptors (Lipinski definition) is 4. The smallest absolute Gasteiger partial charge is 0.211 e. The van der Waals surface area contributed by atoms with Crippen molar-refractivity contribution in [2.24, 2.45) is 5.73 Å². The Hall–Kier alpha value is 0.0500. The summed E-state index contributed by atoms with van der Waals surface area (Å²) >= 11 is 4.88. The number of thiophene rings is 1. The maximum atomic E-state index is 11.5. The number of hydrogen-bond donors (Lipinski definition) is 2. The van der Waals surface area contributed by atoms with E-state index in [0.29, 0.717) is 19.5 Å². The van der Waals surface area contributed by atoms with Gasteiger partial charge in [-0.15, -0.1) is 11.3 Å². The zero-order valence-corrected chi connectivity index (χ0v) is 12.0. The van der Waals surface area contributed by atoms with Gasteiger partial charge in [-0.2, -0.15) is 0 Å². The lowest BCUT2D eigenvalue weighted by molar-refractivity contribution is 0.577. The van der Waals surface area contributed by atoms with Crippen LogP contribution in [-0.2, 0) is 16.6 Å². The van der Waals surface area contributed by atoms with Crippen molar-refractivity contribution < 1.29 is 8.42 Å². The van der Waals surface area contributed by atoms with Crippen LogP contribution in [0.4, 0.5) is 0 Å². The maximum Gasteiger partial charge on any atom is 0.211 e. The van der Waals surface area contributed by atoms with E-state index >= 15 is 0 Å². The highest BCUT2D eigenvalue weighted by molar-refractivity contribution is 9.10. The summed E-state index contributed by atoms with van der Waals surface area (Å²) in [6, 6.07) is 1.91. The summed E-state index contributed by atoms with van der Waals surface area (Å²) in [5, 5.41) is 1.92. The lowest BCUT2D eigenvalue weighted by atomic mass is 10.3. The van der Waals surface area contributed by atoms with Crippen molar-refractivity contribution in [3.05, 3.63) is 20.8 Å². The van der Waals surface area contributed by atoms with Crippen molar-refractivity contribution in [2.75, 3.05) is 12.3 Å². The van der Waals surface area contributed by atoms with Gasteiger partial charge in [0.1, 0.15) is 0 Å². The number of nitrogens with two attached hydrogens (primary N) is 1. The van der Waals surface area contributed by atoms with E-state index < -0.39 is 10.0 Å². The zero-order valence-electron chi connectivity index (χ0n) is 8.78. The Bertz CT molecular complexity index is 417. The Labute approximate surface area is 108 Å². The van der Waals surface area contributed by atoms with Crippen LogP contribution in [0.25, 0.3) is 0 Å². The topological polar surface area (TPSA) is 72.2 Å². The molecule has 4 nitrogen and oxygen atoms in total. The standard InChI is InChI=1S/C9H15BrN2O2S2/c10-8-3-5-15-9(8)7-12-16(13,14)6-2-1-4-11/h3,5,12H,1-2,4,6-7,11H2. The Morgan fingerprint density at radius 2 is 2.19 bits per heavy atom. The van der Waals surface area contributed by atoms with Gasteiger partial charge < -0.3 is 5.73 Å². The third-order valence-corrected chi connectivity index (χ3v) is 5.35. The highest BCUT2D eigenvalue weighted by Crippen LogP contribution is 2.22. The van der Waals surface area contributed by atoms with Crippen LogP contribution in [0.3, 0.4) is 0 Å². The molecule has 1 aromatic rings. The van der Waals surface area contributed by atoms with Gasteiger partial charge in [0.05, 0.1) is 5.75 Å². The molecule has 0 spiro atoms. The van der Waals surface area contributed by atoms with Gasteiger partial charge in [-0.3, -0.25) is 0 Å². The first-order chi connectivity index (χ1) is 7.55. The van der Waals surface area contributed by atoms with Crippen LogP contribution in [0.2, 0.25) is 0 Å². The second-order valence-corrected chi connectivity index (χ2v) is 7.11. The molecule has 1 aromatic heterocycles. The molecule has 0 unspecified atom stereocenters. The van der Waals surface area contributed by atoms with Crippen molar-refractivity contribution in [2.45, 2.75) is 19.4 Å². The van der Waals surface area contributed by atoms with Crippen molar-refractivity contribution in [1.29, 1.82) is 0 Å². The molecule has 0 atom stereocenters. The fraction of sp³-hybridized carbons (Fsp3) is 0.556. The van der Waals surface area contributed by atoms with Crippen LogP contribution in [0.15, 0.2) is 15.9 Å². The van der Waals surface area contributed by atoms with E-state index in [1.54, 1.807) is 0 Å². The van der Waals surface area contributed by atoms with E-state index in [2.05, 4.69) is 20.7 Å². The largest absolute Gasteiger partial charge is 0.330 e. The molecule has 0 aliphatic carbocycles. The van der Waals surface area contributed by atoms with Crippen LogP contribution < -0.4 is 10.5 Å². The number of unbranched alkanes of at least 4 members (excludes halogenated alkanes) is 1. The average Bonchev–Trinajstić information content (AvgIpc) is 2.62. The van der Waals surface area contributed by atoms with Crippen molar-refractivity contribution >= 4 is 37.3 Å². The van der Waals surface area contributed by atoms with E-state index in [9.17, 15) is 8.42 Å². The summed E-state index contributed by atoms with van der Waals surface area (Å²) in [6.07, 6.45) is 1.35. The quantitative estimate of drug-likeness (QED) is 0.748. The van der Waals surface area contributed by atoms with Crippen LogP contribution in [0.1, 0.15) is 17.7 Å². The predicted molar refractivity (Wildman–Crippen MR) is 70.9 cm³/mol. The highest BCUT2D eigenvalue weighted by Gasteiger charge is 2.10. The summed E-state index contributed by atoms with van der Waals surface area (Å²) in [6.45, 7) is 0.884. The molecule has 0 saturated heterocycles. The first-order valence-electron chi connectivity index (χ1n) is 4.94. The predicted octanol–water partition coefficient (Wildman–Crippen LogP) is 1.67. The van der Waals surface area contributed by atoms with Gasteiger partial charge in [-0.05, 0) is 46.8 Å². The average molecular weight is 327 g/mol. The highest BCUT2D eigenvalue weighted by atomic mass is 79.9.